The fraction of sp³-hybridized carbons (Fsp3) is 0.500. The van der Waals surface area contributed by atoms with Gasteiger partial charge in [-0.2, -0.15) is 11.8 Å². The topological polar surface area (TPSA) is 46.5 Å². The van der Waals surface area contributed by atoms with Crippen LogP contribution in [0.5, 0.6) is 0 Å². The molecule has 1 N–H and O–H groups in total. The lowest BCUT2D eigenvalue weighted by Crippen LogP contribution is -2.11. The molecule has 1 aromatic carbocycles. The summed E-state index contributed by atoms with van der Waals surface area (Å²) in [7, 11) is 0. The first-order valence-electron chi connectivity index (χ1n) is 6.25. The SMILES string of the molecule is O=C(O)CC(SCC1CCCO1)c1ccccc1. The Morgan fingerprint density at radius 3 is 2.83 bits per heavy atom. The number of hydrogen-bond acceptors (Lipinski definition) is 3. The van der Waals surface area contributed by atoms with Crippen molar-refractivity contribution in [1.82, 2.24) is 0 Å². The lowest BCUT2D eigenvalue weighted by Gasteiger charge is -2.17. The normalized spacial score (nSPS) is 20.8. The Labute approximate surface area is 112 Å². The molecular formula is C14H18O3S. The smallest absolute Gasteiger partial charge is 0.304 e. The van der Waals surface area contributed by atoms with Crippen LogP contribution < -0.4 is 0 Å². The van der Waals surface area contributed by atoms with E-state index in [1.807, 2.05) is 30.3 Å². The van der Waals surface area contributed by atoms with Gasteiger partial charge in [-0.15, -0.1) is 0 Å². The molecule has 18 heavy (non-hydrogen) atoms. The van der Waals surface area contributed by atoms with Crippen LogP contribution in [0.25, 0.3) is 0 Å². The summed E-state index contributed by atoms with van der Waals surface area (Å²) in [5.74, 6) is 0.135. The van der Waals surface area contributed by atoms with Gasteiger partial charge in [0.25, 0.3) is 0 Å². The number of carboxylic acids is 1. The second-order valence-electron chi connectivity index (χ2n) is 4.47. The molecule has 1 heterocycles. The zero-order chi connectivity index (χ0) is 12.8. The summed E-state index contributed by atoms with van der Waals surface area (Å²) >= 11 is 1.69. The minimum atomic E-state index is -0.747. The van der Waals surface area contributed by atoms with E-state index in [0.717, 1.165) is 30.8 Å². The van der Waals surface area contributed by atoms with E-state index in [1.165, 1.54) is 0 Å². The third-order valence-electron chi connectivity index (χ3n) is 3.04. The number of carbonyl (C=O) groups is 1. The van der Waals surface area contributed by atoms with E-state index in [2.05, 4.69) is 0 Å². The summed E-state index contributed by atoms with van der Waals surface area (Å²) in [6.45, 7) is 0.847. The molecule has 2 unspecified atom stereocenters. The van der Waals surface area contributed by atoms with Gasteiger partial charge in [0.05, 0.1) is 12.5 Å². The second-order valence-corrected chi connectivity index (χ2v) is 5.70. The fourth-order valence-electron chi connectivity index (χ4n) is 2.10. The minimum Gasteiger partial charge on any atom is -0.481 e. The van der Waals surface area contributed by atoms with Gasteiger partial charge in [0.1, 0.15) is 0 Å². The molecule has 0 saturated carbocycles. The maximum absolute atomic E-state index is 10.9. The van der Waals surface area contributed by atoms with E-state index in [4.69, 9.17) is 9.84 Å². The van der Waals surface area contributed by atoms with Crippen LogP contribution in [-0.2, 0) is 9.53 Å². The molecule has 1 aliphatic heterocycles. The van der Waals surface area contributed by atoms with Gasteiger partial charge in [0, 0.05) is 17.6 Å². The lowest BCUT2D eigenvalue weighted by atomic mass is 10.1. The summed E-state index contributed by atoms with van der Waals surface area (Å²) in [5.41, 5.74) is 1.09. The van der Waals surface area contributed by atoms with E-state index >= 15 is 0 Å². The van der Waals surface area contributed by atoms with Crippen LogP contribution >= 0.6 is 11.8 Å². The van der Waals surface area contributed by atoms with E-state index in [1.54, 1.807) is 11.8 Å². The molecule has 0 radical (unpaired) electrons. The largest absolute Gasteiger partial charge is 0.481 e. The Kier molecular flexibility index (Phi) is 5.08. The molecular weight excluding hydrogens is 248 g/mol. The van der Waals surface area contributed by atoms with Gasteiger partial charge in [0.2, 0.25) is 0 Å². The highest BCUT2D eigenvalue weighted by Gasteiger charge is 2.21. The molecule has 4 heteroatoms. The molecule has 0 bridgehead atoms. The van der Waals surface area contributed by atoms with Crippen LogP contribution in [0.1, 0.15) is 30.1 Å². The van der Waals surface area contributed by atoms with E-state index in [0.29, 0.717) is 6.10 Å². The second kappa shape index (κ2) is 6.81. The zero-order valence-electron chi connectivity index (χ0n) is 10.2. The van der Waals surface area contributed by atoms with Crippen molar-refractivity contribution in [3.8, 4) is 0 Å². The molecule has 3 nitrogen and oxygen atoms in total. The van der Waals surface area contributed by atoms with Gasteiger partial charge < -0.3 is 9.84 Å². The third kappa shape index (κ3) is 4.03. The quantitative estimate of drug-likeness (QED) is 0.859. The third-order valence-corrected chi connectivity index (χ3v) is 4.44. The van der Waals surface area contributed by atoms with Crippen LogP contribution in [0.3, 0.4) is 0 Å². The fourth-order valence-corrected chi connectivity index (χ4v) is 3.42. The van der Waals surface area contributed by atoms with E-state index in [-0.39, 0.29) is 11.7 Å². The molecule has 1 aromatic rings. The first-order chi connectivity index (χ1) is 8.75. The first-order valence-corrected chi connectivity index (χ1v) is 7.30. The van der Waals surface area contributed by atoms with Crippen molar-refractivity contribution in [2.75, 3.05) is 12.4 Å². The summed E-state index contributed by atoms with van der Waals surface area (Å²) in [6, 6.07) is 9.85. The molecule has 0 spiro atoms. The van der Waals surface area contributed by atoms with Crippen LogP contribution in [0.15, 0.2) is 30.3 Å². The van der Waals surface area contributed by atoms with Crippen molar-refractivity contribution in [3.63, 3.8) is 0 Å². The van der Waals surface area contributed by atoms with Crippen LogP contribution in [0.4, 0.5) is 0 Å². The van der Waals surface area contributed by atoms with Gasteiger partial charge in [0.15, 0.2) is 0 Å². The molecule has 0 aromatic heterocycles. The Morgan fingerprint density at radius 2 is 2.22 bits per heavy atom. The highest BCUT2D eigenvalue weighted by molar-refractivity contribution is 7.99. The molecule has 1 aliphatic rings. The van der Waals surface area contributed by atoms with Gasteiger partial charge in [-0.05, 0) is 18.4 Å². The number of thioether (sulfide) groups is 1. The predicted molar refractivity (Wildman–Crippen MR) is 72.9 cm³/mol. The number of rotatable bonds is 6. The molecule has 98 valence electrons. The molecule has 0 amide bonds. The number of carboxylic acid groups (broad SMARTS) is 1. The van der Waals surface area contributed by atoms with Crippen molar-refractivity contribution in [2.24, 2.45) is 0 Å². The van der Waals surface area contributed by atoms with Crippen molar-refractivity contribution >= 4 is 17.7 Å². The Hall–Kier alpha value is -1.00. The summed E-state index contributed by atoms with van der Waals surface area (Å²) in [6.07, 6.45) is 2.69. The van der Waals surface area contributed by atoms with Crippen molar-refractivity contribution in [1.29, 1.82) is 0 Å². The molecule has 0 aliphatic carbocycles. The highest BCUT2D eigenvalue weighted by Crippen LogP contribution is 2.34. The standard InChI is InChI=1S/C14H18O3S/c15-14(16)9-13(11-5-2-1-3-6-11)18-10-12-7-4-8-17-12/h1-3,5-6,12-13H,4,7-10H2,(H,15,16). The summed E-state index contributed by atoms with van der Waals surface area (Å²) in [5, 5.41) is 9.01. The van der Waals surface area contributed by atoms with Crippen LogP contribution in [0.2, 0.25) is 0 Å². The Bertz CT molecular complexity index is 374. The van der Waals surface area contributed by atoms with Crippen LogP contribution in [0, 0.1) is 0 Å². The summed E-state index contributed by atoms with van der Waals surface area (Å²) < 4.78 is 5.58. The lowest BCUT2D eigenvalue weighted by molar-refractivity contribution is -0.137. The average Bonchev–Trinajstić information content (AvgIpc) is 2.88. The average molecular weight is 266 g/mol. The number of aliphatic carboxylic acids is 1. The molecule has 2 rings (SSSR count). The number of hydrogen-bond donors (Lipinski definition) is 1. The van der Waals surface area contributed by atoms with Crippen molar-refractivity contribution in [3.05, 3.63) is 35.9 Å². The molecule has 2 atom stereocenters. The zero-order valence-corrected chi connectivity index (χ0v) is 11.1. The monoisotopic (exact) mass is 266 g/mol. The predicted octanol–water partition coefficient (Wildman–Crippen LogP) is 3.11. The summed E-state index contributed by atoms with van der Waals surface area (Å²) in [4.78, 5) is 10.9. The molecule has 1 fully saturated rings. The van der Waals surface area contributed by atoms with E-state index < -0.39 is 5.97 Å². The van der Waals surface area contributed by atoms with Gasteiger partial charge in [-0.25, -0.2) is 0 Å². The van der Waals surface area contributed by atoms with Crippen LogP contribution in [-0.4, -0.2) is 29.5 Å². The van der Waals surface area contributed by atoms with Gasteiger partial charge in [-0.1, -0.05) is 30.3 Å². The Balaban J connectivity index is 1.94. The number of benzene rings is 1. The van der Waals surface area contributed by atoms with Crippen molar-refractivity contribution in [2.45, 2.75) is 30.6 Å². The highest BCUT2D eigenvalue weighted by atomic mass is 32.2. The van der Waals surface area contributed by atoms with Gasteiger partial charge >= 0.3 is 5.97 Å². The maximum Gasteiger partial charge on any atom is 0.304 e. The molecule has 1 saturated heterocycles. The van der Waals surface area contributed by atoms with Crippen molar-refractivity contribution < 1.29 is 14.6 Å². The van der Waals surface area contributed by atoms with Gasteiger partial charge in [-0.3, -0.25) is 4.79 Å². The maximum atomic E-state index is 10.9. The van der Waals surface area contributed by atoms with E-state index in [9.17, 15) is 4.79 Å². The first kappa shape index (κ1) is 13.4. The Morgan fingerprint density at radius 1 is 1.44 bits per heavy atom. The number of ether oxygens (including phenoxy) is 1. The minimum absolute atomic E-state index is 0.0212.